The van der Waals surface area contributed by atoms with Gasteiger partial charge >= 0.3 is 0 Å². The fraction of sp³-hybridized carbons (Fsp3) is 0.278. The maximum Gasteiger partial charge on any atom is 0.0812 e. The van der Waals surface area contributed by atoms with Crippen LogP contribution in [0, 0.1) is 5.92 Å². The van der Waals surface area contributed by atoms with Crippen molar-refractivity contribution in [1.29, 1.82) is 0 Å². The molecule has 1 nitrogen and oxygen atoms in total. The largest absolute Gasteiger partial charge is 0.245 e. The van der Waals surface area contributed by atoms with Crippen molar-refractivity contribution in [3.05, 3.63) is 64.1 Å². The van der Waals surface area contributed by atoms with Gasteiger partial charge in [-0.2, -0.15) is 0 Å². The highest BCUT2D eigenvalue weighted by atomic mass is 35.5. The van der Waals surface area contributed by atoms with Crippen LogP contribution in [0.4, 0.5) is 0 Å². The van der Waals surface area contributed by atoms with Crippen molar-refractivity contribution < 1.29 is 0 Å². The van der Waals surface area contributed by atoms with Gasteiger partial charge < -0.3 is 0 Å². The Bertz CT molecular complexity index is 756. The second-order valence-corrected chi connectivity index (χ2v) is 7.27. The topological polar surface area (TPSA) is 12.9 Å². The van der Waals surface area contributed by atoms with Gasteiger partial charge in [-0.1, -0.05) is 29.8 Å². The number of nitrogens with zero attached hydrogens (tertiary/aromatic N) is 1. The molecule has 0 bridgehead atoms. The van der Waals surface area contributed by atoms with Crippen molar-refractivity contribution in [3.63, 3.8) is 0 Å². The lowest BCUT2D eigenvalue weighted by atomic mass is 9.69. The molecule has 0 saturated heterocycles. The van der Waals surface area contributed by atoms with Gasteiger partial charge in [0.05, 0.1) is 15.7 Å². The van der Waals surface area contributed by atoms with E-state index in [9.17, 15) is 0 Å². The summed E-state index contributed by atoms with van der Waals surface area (Å²) < 4.78 is 1.31. The minimum atomic E-state index is 0.722. The van der Waals surface area contributed by atoms with Crippen LogP contribution in [-0.2, 0) is 6.42 Å². The Morgan fingerprint density at radius 3 is 2.71 bits per heavy atom. The van der Waals surface area contributed by atoms with Crippen LogP contribution < -0.4 is 0 Å². The second-order valence-electron chi connectivity index (χ2n) is 5.94. The lowest BCUT2D eigenvalue weighted by molar-refractivity contribution is 0.262. The van der Waals surface area contributed by atoms with Gasteiger partial charge in [0.1, 0.15) is 0 Å². The zero-order valence-corrected chi connectivity index (χ0v) is 13.2. The summed E-state index contributed by atoms with van der Waals surface area (Å²) in [6.07, 6.45) is 3.78. The SMILES string of the molecule is Clc1ccc(C2CC(Cc3ccc4ncsc4c3)C2)cc1. The monoisotopic (exact) mass is 313 g/mol. The molecule has 3 aromatic rings. The van der Waals surface area contributed by atoms with Crippen LogP contribution in [0.25, 0.3) is 10.2 Å². The Hall–Kier alpha value is -1.38. The molecule has 1 aliphatic carbocycles. The third kappa shape index (κ3) is 2.70. The van der Waals surface area contributed by atoms with E-state index in [1.54, 1.807) is 11.3 Å². The number of halogens is 1. The van der Waals surface area contributed by atoms with Crippen LogP contribution in [0.3, 0.4) is 0 Å². The summed E-state index contributed by atoms with van der Waals surface area (Å²) in [5.74, 6) is 1.54. The van der Waals surface area contributed by atoms with Gasteiger partial charge in [0, 0.05) is 5.02 Å². The molecule has 0 radical (unpaired) electrons. The quantitative estimate of drug-likeness (QED) is 0.605. The molecule has 0 aliphatic heterocycles. The summed E-state index contributed by atoms with van der Waals surface area (Å²) in [5.41, 5.74) is 5.94. The lowest BCUT2D eigenvalue weighted by Crippen LogP contribution is -2.23. The van der Waals surface area contributed by atoms with Gasteiger partial charge in [0.25, 0.3) is 0 Å². The van der Waals surface area contributed by atoms with Crippen molar-refractivity contribution in [3.8, 4) is 0 Å². The van der Waals surface area contributed by atoms with E-state index in [0.29, 0.717) is 0 Å². The third-order valence-corrected chi connectivity index (χ3v) is 5.54. The fourth-order valence-electron chi connectivity index (χ4n) is 3.27. The van der Waals surface area contributed by atoms with Gasteiger partial charge in [-0.3, -0.25) is 0 Å². The van der Waals surface area contributed by atoms with Crippen molar-refractivity contribution in [1.82, 2.24) is 4.98 Å². The molecule has 0 unspecified atom stereocenters. The van der Waals surface area contributed by atoms with Gasteiger partial charge in [0.15, 0.2) is 0 Å². The van der Waals surface area contributed by atoms with Gasteiger partial charge in [-0.05, 0) is 66.5 Å². The van der Waals surface area contributed by atoms with E-state index in [-0.39, 0.29) is 0 Å². The highest BCUT2D eigenvalue weighted by Gasteiger charge is 2.30. The molecule has 1 aliphatic rings. The van der Waals surface area contributed by atoms with Crippen LogP contribution in [0.15, 0.2) is 48.0 Å². The second kappa shape index (κ2) is 5.43. The zero-order valence-electron chi connectivity index (χ0n) is 11.6. The highest BCUT2D eigenvalue weighted by molar-refractivity contribution is 7.16. The van der Waals surface area contributed by atoms with Gasteiger partial charge in [0.2, 0.25) is 0 Å². The predicted octanol–water partition coefficient (Wildman–Crippen LogP) is 5.69. The van der Waals surface area contributed by atoms with Crippen LogP contribution in [-0.4, -0.2) is 4.98 Å². The number of aromatic nitrogens is 1. The molecule has 1 fully saturated rings. The third-order valence-electron chi connectivity index (χ3n) is 4.50. The molecule has 0 spiro atoms. The Kier molecular flexibility index (Phi) is 3.44. The van der Waals surface area contributed by atoms with E-state index in [1.165, 1.54) is 35.1 Å². The minimum absolute atomic E-state index is 0.722. The molecule has 2 aromatic carbocycles. The fourth-order valence-corrected chi connectivity index (χ4v) is 4.14. The molecule has 1 aromatic heterocycles. The summed E-state index contributed by atoms with van der Waals surface area (Å²) in [4.78, 5) is 4.34. The van der Waals surface area contributed by atoms with Crippen molar-refractivity contribution in [2.24, 2.45) is 5.92 Å². The molecule has 1 saturated carbocycles. The van der Waals surface area contributed by atoms with E-state index in [1.807, 2.05) is 17.6 Å². The molecule has 21 heavy (non-hydrogen) atoms. The number of hydrogen-bond acceptors (Lipinski definition) is 2. The Morgan fingerprint density at radius 1 is 1.10 bits per heavy atom. The first-order valence-electron chi connectivity index (χ1n) is 7.35. The van der Waals surface area contributed by atoms with Crippen LogP contribution in [0.2, 0.25) is 5.02 Å². The summed E-state index contributed by atoms with van der Waals surface area (Å²) >= 11 is 7.68. The molecule has 0 N–H and O–H groups in total. The molecular formula is C18H16ClNS. The average Bonchev–Trinajstić information content (AvgIpc) is 2.91. The summed E-state index contributed by atoms with van der Waals surface area (Å²) in [6.45, 7) is 0. The van der Waals surface area contributed by atoms with Crippen LogP contribution >= 0.6 is 22.9 Å². The summed E-state index contributed by atoms with van der Waals surface area (Å²) in [6, 6.07) is 15.0. The van der Waals surface area contributed by atoms with E-state index in [2.05, 4.69) is 35.3 Å². The lowest BCUT2D eigenvalue weighted by Gasteiger charge is -2.36. The zero-order chi connectivity index (χ0) is 14.2. The standard InChI is InChI=1S/C18H16ClNS/c19-16-4-2-14(3-5-16)15-8-13(9-15)7-12-1-6-17-18(10-12)21-11-20-17/h1-6,10-11,13,15H,7-9H2. The minimum Gasteiger partial charge on any atom is -0.245 e. The van der Waals surface area contributed by atoms with Crippen LogP contribution in [0.1, 0.15) is 29.9 Å². The van der Waals surface area contributed by atoms with Gasteiger partial charge in [-0.15, -0.1) is 11.3 Å². The summed E-state index contributed by atoms with van der Waals surface area (Å²) in [7, 11) is 0. The number of thiazole rings is 1. The molecule has 4 rings (SSSR count). The molecule has 3 heteroatoms. The highest BCUT2D eigenvalue weighted by Crippen LogP contribution is 2.43. The molecule has 1 heterocycles. The van der Waals surface area contributed by atoms with Gasteiger partial charge in [-0.25, -0.2) is 4.98 Å². The molecule has 0 amide bonds. The number of hydrogen-bond donors (Lipinski definition) is 0. The van der Waals surface area contributed by atoms with Crippen molar-refractivity contribution >= 4 is 33.2 Å². The van der Waals surface area contributed by atoms with Crippen LogP contribution in [0.5, 0.6) is 0 Å². The first-order chi connectivity index (χ1) is 10.3. The van der Waals surface area contributed by atoms with E-state index in [4.69, 9.17) is 11.6 Å². The molecule has 106 valence electrons. The van der Waals surface area contributed by atoms with E-state index >= 15 is 0 Å². The molecule has 0 atom stereocenters. The average molecular weight is 314 g/mol. The Morgan fingerprint density at radius 2 is 1.90 bits per heavy atom. The van der Waals surface area contributed by atoms with E-state index in [0.717, 1.165) is 22.4 Å². The van der Waals surface area contributed by atoms with Crippen molar-refractivity contribution in [2.45, 2.75) is 25.2 Å². The maximum absolute atomic E-state index is 5.95. The number of benzene rings is 2. The first-order valence-corrected chi connectivity index (χ1v) is 8.61. The maximum atomic E-state index is 5.95. The first kappa shape index (κ1) is 13.3. The number of fused-ring (bicyclic) bond motifs is 1. The van der Waals surface area contributed by atoms with E-state index < -0.39 is 0 Å². The predicted molar refractivity (Wildman–Crippen MR) is 90.2 cm³/mol. The smallest absolute Gasteiger partial charge is 0.0812 e. The Balaban J connectivity index is 1.40. The molecular weight excluding hydrogens is 298 g/mol. The Labute approximate surface area is 133 Å². The normalized spacial score (nSPS) is 21.4. The van der Waals surface area contributed by atoms with Crippen molar-refractivity contribution in [2.75, 3.05) is 0 Å². The summed E-state index contributed by atoms with van der Waals surface area (Å²) in [5, 5.41) is 0.826. The number of rotatable bonds is 3.